The van der Waals surface area contributed by atoms with Gasteiger partial charge in [-0.05, 0) is 79.0 Å². The number of amides is 1. The molecule has 184 valence electrons. The van der Waals surface area contributed by atoms with Crippen LogP contribution in [0.2, 0.25) is 15.1 Å². The SMILES string of the molecule is O=C(/C=C/c1ccc(-c2ccc(Cl)cc2Cl)o1)NC(=S)Nc1ccc(Cl)c(-c2nc3ccccc3s2)c1. The standard InChI is InChI=1S/C27H16Cl3N3O2S2/c28-15-5-9-18(21(30)13-15)23-11-7-17(35-23)8-12-25(34)33-27(36)31-16-6-10-20(29)19(14-16)26-32-22-3-1-2-4-24(22)37-26/h1-14H,(H2,31,33,34,36)/b12-8+. The Hall–Kier alpha value is -3.20. The number of nitrogens with zero attached hydrogens (tertiary/aromatic N) is 1. The van der Waals surface area contributed by atoms with Crippen LogP contribution in [0.3, 0.4) is 0 Å². The molecule has 0 aliphatic heterocycles. The third-order valence-corrected chi connectivity index (χ3v) is 7.36. The molecule has 3 aromatic carbocycles. The number of carbonyl (C=O) groups is 1. The number of benzene rings is 3. The normalized spacial score (nSPS) is 11.2. The molecule has 2 aromatic heterocycles. The lowest BCUT2D eigenvalue weighted by molar-refractivity contribution is -0.115. The minimum absolute atomic E-state index is 0.139. The van der Waals surface area contributed by atoms with Crippen LogP contribution >= 0.6 is 58.4 Å². The Kier molecular flexibility index (Phi) is 7.60. The van der Waals surface area contributed by atoms with Gasteiger partial charge in [0, 0.05) is 27.9 Å². The molecular formula is C27H16Cl3N3O2S2. The summed E-state index contributed by atoms with van der Waals surface area (Å²) in [5, 5.41) is 8.15. The number of anilines is 1. The summed E-state index contributed by atoms with van der Waals surface area (Å²) in [5.74, 6) is 0.624. The zero-order chi connectivity index (χ0) is 25.9. The van der Waals surface area contributed by atoms with Crippen LogP contribution in [0.25, 0.3) is 38.2 Å². The first-order chi connectivity index (χ1) is 17.9. The van der Waals surface area contributed by atoms with E-state index in [1.807, 2.05) is 30.3 Å². The molecule has 0 unspecified atom stereocenters. The van der Waals surface area contributed by atoms with E-state index in [1.54, 1.807) is 59.9 Å². The van der Waals surface area contributed by atoms with E-state index in [-0.39, 0.29) is 5.11 Å². The number of hydrogen-bond donors (Lipinski definition) is 2. The Bertz CT molecular complexity index is 1640. The highest BCUT2D eigenvalue weighted by atomic mass is 35.5. The Balaban J connectivity index is 1.23. The lowest BCUT2D eigenvalue weighted by Crippen LogP contribution is -2.32. The second kappa shape index (κ2) is 11.0. The van der Waals surface area contributed by atoms with Crippen molar-refractivity contribution in [2.75, 3.05) is 5.32 Å². The molecular weight excluding hydrogens is 569 g/mol. The molecule has 0 radical (unpaired) electrons. The lowest BCUT2D eigenvalue weighted by atomic mass is 10.2. The maximum atomic E-state index is 12.4. The third kappa shape index (κ3) is 6.04. The maximum absolute atomic E-state index is 12.4. The number of fused-ring (bicyclic) bond motifs is 1. The van der Waals surface area contributed by atoms with Crippen LogP contribution in [-0.4, -0.2) is 16.0 Å². The van der Waals surface area contributed by atoms with Crippen LogP contribution in [0.15, 0.2) is 83.3 Å². The van der Waals surface area contributed by atoms with Gasteiger partial charge in [-0.25, -0.2) is 4.98 Å². The highest BCUT2D eigenvalue weighted by Gasteiger charge is 2.12. The van der Waals surface area contributed by atoms with Crippen molar-refractivity contribution >= 4 is 91.4 Å². The molecule has 0 fully saturated rings. The van der Waals surface area contributed by atoms with Crippen molar-refractivity contribution < 1.29 is 9.21 Å². The third-order valence-electron chi connectivity index (χ3n) is 5.21. The smallest absolute Gasteiger partial charge is 0.250 e. The fourth-order valence-corrected chi connectivity index (χ4v) is 5.48. The quantitative estimate of drug-likeness (QED) is 0.160. The number of thiocarbonyl (C=S) groups is 1. The summed E-state index contributed by atoms with van der Waals surface area (Å²) >= 11 is 25.5. The Morgan fingerprint density at radius 2 is 1.78 bits per heavy atom. The van der Waals surface area contributed by atoms with E-state index >= 15 is 0 Å². The van der Waals surface area contributed by atoms with Crippen LogP contribution < -0.4 is 10.6 Å². The van der Waals surface area contributed by atoms with Gasteiger partial charge in [-0.15, -0.1) is 11.3 Å². The highest BCUT2D eigenvalue weighted by Crippen LogP contribution is 2.36. The Labute approximate surface area is 236 Å². The van der Waals surface area contributed by atoms with Crippen LogP contribution in [0.5, 0.6) is 0 Å². The van der Waals surface area contributed by atoms with E-state index in [0.29, 0.717) is 37.8 Å². The topological polar surface area (TPSA) is 67.2 Å². The van der Waals surface area contributed by atoms with E-state index in [1.165, 1.54) is 6.08 Å². The van der Waals surface area contributed by atoms with Crippen molar-refractivity contribution in [3.63, 3.8) is 0 Å². The molecule has 2 N–H and O–H groups in total. The molecule has 5 nitrogen and oxygen atoms in total. The predicted molar refractivity (Wildman–Crippen MR) is 158 cm³/mol. The van der Waals surface area contributed by atoms with Gasteiger partial charge in [-0.1, -0.05) is 46.9 Å². The Morgan fingerprint density at radius 3 is 2.59 bits per heavy atom. The number of aromatic nitrogens is 1. The molecule has 0 saturated carbocycles. The summed E-state index contributed by atoms with van der Waals surface area (Å²) < 4.78 is 6.84. The molecule has 0 aliphatic rings. The van der Waals surface area contributed by atoms with Crippen molar-refractivity contribution in [2.24, 2.45) is 0 Å². The van der Waals surface area contributed by atoms with Gasteiger partial charge in [0.05, 0.1) is 20.3 Å². The molecule has 5 aromatic rings. The van der Waals surface area contributed by atoms with Crippen LogP contribution in [0, 0.1) is 0 Å². The number of carbonyl (C=O) groups excluding carboxylic acids is 1. The van der Waals surface area contributed by atoms with Crippen molar-refractivity contribution in [3.8, 4) is 21.9 Å². The van der Waals surface area contributed by atoms with Gasteiger partial charge >= 0.3 is 0 Å². The van der Waals surface area contributed by atoms with Gasteiger partial charge in [0.1, 0.15) is 16.5 Å². The van der Waals surface area contributed by atoms with Crippen molar-refractivity contribution in [2.45, 2.75) is 0 Å². The number of nitrogens with one attached hydrogen (secondary N) is 2. The van der Waals surface area contributed by atoms with Gasteiger partial charge in [0.25, 0.3) is 0 Å². The molecule has 10 heteroatoms. The van der Waals surface area contributed by atoms with Gasteiger partial charge in [-0.2, -0.15) is 0 Å². The first-order valence-corrected chi connectivity index (χ1v) is 13.2. The number of thiazole rings is 1. The fourth-order valence-electron chi connectivity index (χ4n) is 3.50. The average molecular weight is 585 g/mol. The number of furan rings is 1. The monoisotopic (exact) mass is 583 g/mol. The number of para-hydroxylation sites is 1. The summed E-state index contributed by atoms with van der Waals surface area (Å²) in [4.78, 5) is 17.1. The van der Waals surface area contributed by atoms with Crippen LogP contribution in [0.4, 0.5) is 5.69 Å². The van der Waals surface area contributed by atoms with Gasteiger partial charge in [-0.3, -0.25) is 10.1 Å². The van der Waals surface area contributed by atoms with E-state index in [2.05, 4.69) is 15.6 Å². The van der Waals surface area contributed by atoms with Crippen LogP contribution in [-0.2, 0) is 4.79 Å². The molecule has 0 aliphatic carbocycles. The minimum atomic E-state index is -0.416. The zero-order valence-electron chi connectivity index (χ0n) is 18.8. The molecule has 37 heavy (non-hydrogen) atoms. The van der Waals surface area contributed by atoms with E-state index in [4.69, 9.17) is 51.4 Å². The zero-order valence-corrected chi connectivity index (χ0v) is 22.7. The van der Waals surface area contributed by atoms with Gasteiger partial charge in [0.2, 0.25) is 5.91 Å². The average Bonchev–Trinajstić information content (AvgIpc) is 3.51. The van der Waals surface area contributed by atoms with Crippen molar-refractivity contribution in [1.29, 1.82) is 0 Å². The highest BCUT2D eigenvalue weighted by molar-refractivity contribution is 7.80. The second-order valence-electron chi connectivity index (χ2n) is 7.78. The molecule has 0 bridgehead atoms. The first-order valence-electron chi connectivity index (χ1n) is 10.9. The van der Waals surface area contributed by atoms with E-state index in [0.717, 1.165) is 20.8 Å². The van der Waals surface area contributed by atoms with E-state index < -0.39 is 5.91 Å². The maximum Gasteiger partial charge on any atom is 0.250 e. The summed E-state index contributed by atoms with van der Waals surface area (Å²) in [7, 11) is 0. The molecule has 5 rings (SSSR count). The predicted octanol–water partition coefficient (Wildman–Crippen LogP) is 8.71. The van der Waals surface area contributed by atoms with Gasteiger partial charge < -0.3 is 9.73 Å². The molecule has 0 saturated heterocycles. The summed E-state index contributed by atoms with van der Waals surface area (Å²) in [6, 6.07) is 21.9. The molecule has 0 spiro atoms. The minimum Gasteiger partial charge on any atom is -0.457 e. The van der Waals surface area contributed by atoms with Gasteiger partial charge in [0.15, 0.2) is 5.11 Å². The summed E-state index contributed by atoms with van der Waals surface area (Å²) in [5.41, 5.74) is 3.06. The Morgan fingerprint density at radius 1 is 0.946 bits per heavy atom. The molecule has 2 heterocycles. The first kappa shape index (κ1) is 25.4. The van der Waals surface area contributed by atoms with Crippen molar-refractivity contribution in [1.82, 2.24) is 10.3 Å². The fraction of sp³-hybridized carbons (Fsp3) is 0. The summed E-state index contributed by atoms with van der Waals surface area (Å²) in [6.07, 6.45) is 2.87. The number of halogens is 3. The van der Waals surface area contributed by atoms with E-state index in [9.17, 15) is 4.79 Å². The summed E-state index contributed by atoms with van der Waals surface area (Å²) in [6.45, 7) is 0. The lowest BCUT2D eigenvalue weighted by Gasteiger charge is -2.10. The van der Waals surface area contributed by atoms with Crippen LogP contribution in [0.1, 0.15) is 5.76 Å². The molecule has 1 amide bonds. The largest absolute Gasteiger partial charge is 0.457 e. The number of hydrogen-bond acceptors (Lipinski definition) is 5. The molecule has 0 atom stereocenters. The number of rotatable bonds is 5. The second-order valence-corrected chi connectivity index (χ2v) is 10.5. The van der Waals surface area contributed by atoms with Crippen molar-refractivity contribution in [3.05, 3.63) is 99.7 Å².